The average Bonchev–Trinajstić information content (AvgIpc) is 2.46. The number of methoxy groups -OCH3 is 1. The molecule has 0 radical (unpaired) electrons. The molecule has 0 saturated carbocycles. The molecule has 112 valence electrons. The molecule has 2 unspecified atom stereocenters. The van der Waals surface area contributed by atoms with Crippen LogP contribution in [0.2, 0.25) is 0 Å². The molecule has 2 heterocycles. The first-order chi connectivity index (χ1) is 9.63. The fraction of sp³-hybridized carbons (Fsp3) is 0.714. The van der Waals surface area contributed by atoms with Crippen molar-refractivity contribution in [2.45, 2.75) is 44.9 Å². The molecule has 1 aliphatic heterocycles. The molecule has 1 aliphatic rings. The summed E-state index contributed by atoms with van der Waals surface area (Å²) in [6.07, 6.45) is 5.67. The van der Waals surface area contributed by atoms with Crippen LogP contribution in [0.4, 0.5) is 5.82 Å². The van der Waals surface area contributed by atoms with Gasteiger partial charge in [0.05, 0.1) is 24.6 Å². The van der Waals surface area contributed by atoms with Gasteiger partial charge in [0.25, 0.3) is 0 Å². The van der Waals surface area contributed by atoms with Crippen LogP contribution in [0.3, 0.4) is 0 Å². The Morgan fingerprint density at radius 3 is 2.90 bits per heavy atom. The van der Waals surface area contributed by atoms with Crippen LogP contribution in [0.1, 0.15) is 26.7 Å². The Kier molecular flexibility index (Phi) is 5.14. The Balaban J connectivity index is 2.13. The molecule has 0 bridgehead atoms. The van der Waals surface area contributed by atoms with E-state index in [9.17, 15) is 0 Å². The summed E-state index contributed by atoms with van der Waals surface area (Å²) in [7, 11) is 1.75. The van der Waals surface area contributed by atoms with Gasteiger partial charge in [-0.25, -0.2) is 0 Å². The SMILES string of the molecule is COC1CCN(c2cncc(OC(C)C)n2)C(CN)C1. The zero-order chi connectivity index (χ0) is 14.5. The highest BCUT2D eigenvalue weighted by Crippen LogP contribution is 2.25. The highest BCUT2D eigenvalue weighted by atomic mass is 16.5. The summed E-state index contributed by atoms with van der Waals surface area (Å²) in [5.41, 5.74) is 5.89. The van der Waals surface area contributed by atoms with Crippen LogP contribution < -0.4 is 15.4 Å². The van der Waals surface area contributed by atoms with Crippen LogP contribution in [0.25, 0.3) is 0 Å². The minimum absolute atomic E-state index is 0.0871. The summed E-state index contributed by atoms with van der Waals surface area (Å²) < 4.78 is 11.0. The summed E-state index contributed by atoms with van der Waals surface area (Å²) in [6, 6.07) is 0.234. The standard InChI is InChI=1S/C14H24N4O2/c1-10(2)20-14-9-16-8-13(17-14)18-5-4-12(19-3)6-11(18)7-15/h8-12H,4-7,15H2,1-3H3. The van der Waals surface area contributed by atoms with Crippen LogP contribution in [-0.4, -0.2) is 48.4 Å². The summed E-state index contributed by atoms with van der Waals surface area (Å²) in [5, 5.41) is 0. The van der Waals surface area contributed by atoms with Crippen molar-refractivity contribution in [1.82, 2.24) is 9.97 Å². The van der Waals surface area contributed by atoms with E-state index in [1.54, 1.807) is 19.5 Å². The number of aromatic nitrogens is 2. The topological polar surface area (TPSA) is 73.5 Å². The van der Waals surface area contributed by atoms with Gasteiger partial charge in [-0.05, 0) is 26.7 Å². The van der Waals surface area contributed by atoms with E-state index in [0.717, 1.165) is 25.2 Å². The molecule has 2 N–H and O–H groups in total. The van der Waals surface area contributed by atoms with Gasteiger partial charge < -0.3 is 20.1 Å². The van der Waals surface area contributed by atoms with Crippen molar-refractivity contribution in [3.8, 4) is 5.88 Å². The molecule has 1 aromatic rings. The lowest BCUT2D eigenvalue weighted by Gasteiger charge is -2.39. The number of nitrogens with two attached hydrogens (primary N) is 1. The van der Waals surface area contributed by atoms with Crippen molar-refractivity contribution in [2.24, 2.45) is 5.73 Å². The van der Waals surface area contributed by atoms with Crippen molar-refractivity contribution >= 4 is 5.82 Å². The normalized spacial score (nSPS) is 23.1. The average molecular weight is 280 g/mol. The number of ether oxygens (including phenoxy) is 2. The van der Waals surface area contributed by atoms with Crippen molar-refractivity contribution < 1.29 is 9.47 Å². The highest BCUT2D eigenvalue weighted by Gasteiger charge is 2.28. The van der Waals surface area contributed by atoms with Crippen LogP contribution >= 0.6 is 0 Å². The maximum absolute atomic E-state index is 5.89. The summed E-state index contributed by atoms with van der Waals surface area (Å²) >= 11 is 0. The van der Waals surface area contributed by atoms with Gasteiger partial charge in [0.1, 0.15) is 0 Å². The summed E-state index contributed by atoms with van der Waals surface area (Å²) in [6.45, 7) is 5.40. The maximum atomic E-state index is 5.89. The molecule has 0 aromatic carbocycles. The molecule has 0 aliphatic carbocycles. The second-order valence-corrected chi connectivity index (χ2v) is 5.35. The summed E-state index contributed by atoms with van der Waals surface area (Å²) in [5.74, 6) is 1.38. The van der Waals surface area contributed by atoms with Crippen molar-refractivity contribution in [3.63, 3.8) is 0 Å². The molecule has 0 spiro atoms. The first-order valence-corrected chi connectivity index (χ1v) is 7.12. The zero-order valence-corrected chi connectivity index (χ0v) is 12.5. The third-order valence-corrected chi connectivity index (χ3v) is 3.52. The van der Waals surface area contributed by atoms with Crippen LogP contribution in [0, 0.1) is 0 Å². The lowest BCUT2D eigenvalue weighted by atomic mass is 9.99. The minimum Gasteiger partial charge on any atom is -0.474 e. The zero-order valence-electron chi connectivity index (χ0n) is 12.5. The predicted molar refractivity (Wildman–Crippen MR) is 78.0 cm³/mol. The van der Waals surface area contributed by atoms with Crippen molar-refractivity contribution in [3.05, 3.63) is 12.4 Å². The van der Waals surface area contributed by atoms with Gasteiger partial charge in [0.2, 0.25) is 5.88 Å². The molecule has 2 atom stereocenters. The smallest absolute Gasteiger partial charge is 0.234 e. The van der Waals surface area contributed by atoms with Crippen LogP contribution in [-0.2, 0) is 4.74 Å². The van der Waals surface area contributed by atoms with Gasteiger partial charge >= 0.3 is 0 Å². The Bertz CT molecular complexity index is 427. The second kappa shape index (κ2) is 6.85. The molecule has 6 heteroatoms. The second-order valence-electron chi connectivity index (χ2n) is 5.35. The fourth-order valence-corrected chi connectivity index (χ4v) is 2.53. The lowest BCUT2D eigenvalue weighted by Crippen LogP contribution is -2.49. The van der Waals surface area contributed by atoms with E-state index >= 15 is 0 Å². The van der Waals surface area contributed by atoms with Gasteiger partial charge in [-0.3, -0.25) is 4.98 Å². The Labute approximate surface area is 120 Å². The number of hydrogen-bond donors (Lipinski definition) is 1. The quantitative estimate of drug-likeness (QED) is 0.874. The van der Waals surface area contributed by atoms with Gasteiger partial charge in [-0.2, -0.15) is 4.98 Å². The van der Waals surface area contributed by atoms with E-state index in [0.29, 0.717) is 12.4 Å². The molecule has 6 nitrogen and oxygen atoms in total. The molecule has 20 heavy (non-hydrogen) atoms. The number of hydrogen-bond acceptors (Lipinski definition) is 6. The van der Waals surface area contributed by atoms with Gasteiger partial charge in [0.15, 0.2) is 5.82 Å². The molecule has 2 rings (SSSR count). The number of rotatable bonds is 5. The third kappa shape index (κ3) is 3.58. The third-order valence-electron chi connectivity index (χ3n) is 3.52. The molecule has 1 fully saturated rings. The van der Waals surface area contributed by atoms with E-state index in [-0.39, 0.29) is 18.2 Å². The molecular formula is C14H24N4O2. The molecule has 1 aromatic heterocycles. The largest absolute Gasteiger partial charge is 0.474 e. The number of nitrogens with zero attached hydrogens (tertiary/aromatic N) is 3. The van der Waals surface area contributed by atoms with E-state index in [2.05, 4.69) is 14.9 Å². The number of anilines is 1. The fourth-order valence-electron chi connectivity index (χ4n) is 2.53. The number of piperidine rings is 1. The van der Waals surface area contributed by atoms with Crippen LogP contribution in [0.5, 0.6) is 5.88 Å². The van der Waals surface area contributed by atoms with Gasteiger partial charge in [0, 0.05) is 26.2 Å². The molecule has 1 saturated heterocycles. The molecular weight excluding hydrogens is 256 g/mol. The van der Waals surface area contributed by atoms with Crippen molar-refractivity contribution in [1.29, 1.82) is 0 Å². The van der Waals surface area contributed by atoms with Crippen molar-refractivity contribution in [2.75, 3.05) is 25.1 Å². The van der Waals surface area contributed by atoms with Gasteiger partial charge in [-0.1, -0.05) is 0 Å². The Morgan fingerprint density at radius 1 is 1.45 bits per heavy atom. The van der Waals surface area contributed by atoms with E-state index in [1.165, 1.54) is 0 Å². The lowest BCUT2D eigenvalue weighted by molar-refractivity contribution is 0.0707. The van der Waals surface area contributed by atoms with E-state index < -0.39 is 0 Å². The Hall–Kier alpha value is -1.40. The summed E-state index contributed by atoms with van der Waals surface area (Å²) in [4.78, 5) is 11.0. The highest BCUT2D eigenvalue weighted by molar-refractivity contribution is 5.40. The maximum Gasteiger partial charge on any atom is 0.234 e. The van der Waals surface area contributed by atoms with Gasteiger partial charge in [-0.15, -0.1) is 0 Å². The molecule has 0 amide bonds. The van der Waals surface area contributed by atoms with E-state index in [1.807, 2.05) is 13.8 Å². The first-order valence-electron chi connectivity index (χ1n) is 7.12. The van der Waals surface area contributed by atoms with E-state index in [4.69, 9.17) is 15.2 Å². The first kappa shape index (κ1) is 15.0. The monoisotopic (exact) mass is 280 g/mol. The predicted octanol–water partition coefficient (Wildman–Crippen LogP) is 1.21. The minimum atomic E-state index is 0.0871. The van der Waals surface area contributed by atoms with Crippen LogP contribution in [0.15, 0.2) is 12.4 Å². The Morgan fingerprint density at radius 2 is 2.25 bits per heavy atom.